The van der Waals surface area contributed by atoms with Crippen molar-refractivity contribution in [2.24, 2.45) is 5.92 Å². The number of carboxylic acid groups (broad SMARTS) is 2. The van der Waals surface area contributed by atoms with Crippen LogP contribution in [0, 0.1) is 5.92 Å². The number of allylic oxidation sites excluding steroid dienone is 3. The molecule has 0 fully saturated rings. The lowest BCUT2D eigenvalue weighted by Gasteiger charge is -2.32. The molecule has 0 aliphatic carbocycles. The van der Waals surface area contributed by atoms with Gasteiger partial charge in [-0.05, 0) is 33.6 Å². The standard InChI is InChI=1S/C17H29NO5/c1-11(2)8-7-9-12(3)14(16(20)21)15(17(22)23)13(19)10-18(4,5)6/h8,13,15,19H,7,9-10H2,1-6H3,(H-,20,21,22,23)/b14-12+. The van der Waals surface area contributed by atoms with E-state index in [-0.39, 0.29) is 12.1 Å². The second-order valence-corrected chi connectivity index (χ2v) is 7.16. The summed E-state index contributed by atoms with van der Waals surface area (Å²) in [7, 11) is 5.38. The topological polar surface area (TPSA) is 97.7 Å². The number of aliphatic hydroxyl groups is 1. The third-order valence-electron chi connectivity index (χ3n) is 3.45. The van der Waals surface area contributed by atoms with E-state index in [1.54, 1.807) is 28.1 Å². The molecule has 0 aliphatic rings. The predicted octanol–water partition coefficient (Wildman–Crippen LogP) is 0.567. The molecule has 0 aromatic rings. The van der Waals surface area contributed by atoms with Gasteiger partial charge in [-0.25, -0.2) is 4.79 Å². The van der Waals surface area contributed by atoms with Crippen molar-refractivity contribution in [2.45, 2.75) is 39.7 Å². The summed E-state index contributed by atoms with van der Waals surface area (Å²) in [6, 6.07) is 0. The van der Waals surface area contributed by atoms with Crippen molar-refractivity contribution in [3.8, 4) is 0 Å². The summed E-state index contributed by atoms with van der Waals surface area (Å²) < 4.78 is 0.314. The van der Waals surface area contributed by atoms with Crippen LogP contribution >= 0.6 is 0 Å². The summed E-state index contributed by atoms with van der Waals surface area (Å²) in [5, 5.41) is 31.2. The van der Waals surface area contributed by atoms with Gasteiger partial charge in [0.15, 0.2) is 0 Å². The van der Waals surface area contributed by atoms with Crippen LogP contribution in [0.15, 0.2) is 22.8 Å². The molecule has 2 unspecified atom stereocenters. The maximum atomic E-state index is 11.6. The van der Waals surface area contributed by atoms with E-state index in [4.69, 9.17) is 0 Å². The largest absolute Gasteiger partial charge is 0.549 e. The molecule has 2 N–H and O–H groups in total. The maximum Gasteiger partial charge on any atom is 0.332 e. The van der Waals surface area contributed by atoms with Crippen LogP contribution in [-0.4, -0.2) is 60.4 Å². The van der Waals surface area contributed by atoms with Crippen molar-refractivity contribution in [3.63, 3.8) is 0 Å². The first kappa shape index (κ1) is 21.3. The Morgan fingerprint density at radius 2 is 1.70 bits per heavy atom. The minimum Gasteiger partial charge on any atom is -0.549 e. The number of carbonyl (C=O) groups excluding carboxylic acids is 1. The molecule has 6 heteroatoms. The third kappa shape index (κ3) is 7.95. The lowest BCUT2D eigenvalue weighted by atomic mass is 9.87. The molecule has 0 aromatic heterocycles. The highest BCUT2D eigenvalue weighted by Gasteiger charge is 2.33. The van der Waals surface area contributed by atoms with E-state index in [9.17, 15) is 24.9 Å². The molecule has 0 radical (unpaired) electrons. The predicted molar refractivity (Wildman–Crippen MR) is 86.4 cm³/mol. The molecule has 0 amide bonds. The van der Waals surface area contributed by atoms with Crippen molar-refractivity contribution >= 4 is 11.9 Å². The van der Waals surface area contributed by atoms with Crippen LogP contribution in [0.5, 0.6) is 0 Å². The highest BCUT2D eigenvalue weighted by molar-refractivity contribution is 5.94. The smallest absolute Gasteiger partial charge is 0.332 e. The van der Waals surface area contributed by atoms with E-state index >= 15 is 0 Å². The van der Waals surface area contributed by atoms with E-state index in [1.165, 1.54) is 0 Å². The Kier molecular flexibility index (Phi) is 8.20. The number of quaternary nitrogens is 1. The van der Waals surface area contributed by atoms with Crippen LogP contribution in [-0.2, 0) is 9.59 Å². The molecule has 23 heavy (non-hydrogen) atoms. The molecule has 6 nitrogen and oxygen atoms in total. The average molecular weight is 327 g/mol. The second kappa shape index (κ2) is 8.84. The first-order valence-corrected chi connectivity index (χ1v) is 7.62. The van der Waals surface area contributed by atoms with Crippen LogP contribution in [0.1, 0.15) is 33.6 Å². The Bertz CT molecular complexity index is 496. The van der Waals surface area contributed by atoms with Crippen molar-refractivity contribution in [3.05, 3.63) is 22.8 Å². The molecule has 132 valence electrons. The maximum absolute atomic E-state index is 11.6. The van der Waals surface area contributed by atoms with Gasteiger partial charge in [0, 0.05) is 5.57 Å². The minimum absolute atomic E-state index is 0.108. The number of hydrogen-bond donors (Lipinski definition) is 2. The quantitative estimate of drug-likeness (QED) is 0.366. The summed E-state index contributed by atoms with van der Waals surface area (Å²) in [6.07, 6.45) is 1.67. The summed E-state index contributed by atoms with van der Waals surface area (Å²) in [4.78, 5) is 23.0. The molecule has 0 bridgehead atoms. The van der Waals surface area contributed by atoms with E-state index in [0.717, 1.165) is 5.57 Å². The Morgan fingerprint density at radius 3 is 2.04 bits per heavy atom. The van der Waals surface area contributed by atoms with Gasteiger partial charge < -0.3 is 24.6 Å². The fourth-order valence-electron chi connectivity index (χ4n) is 2.43. The van der Waals surface area contributed by atoms with Crippen molar-refractivity contribution in [1.82, 2.24) is 0 Å². The SMILES string of the molecule is CC(C)=CCC/C(C)=C(/C(=O)O)C(C(=O)[O-])C(O)C[N+](C)(C)C. The van der Waals surface area contributed by atoms with E-state index < -0.39 is 24.0 Å². The number of carboxylic acids is 2. The third-order valence-corrected chi connectivity index (χ3v) is 3.45. The summed E-state index contributed by atoms with van der Waals surface area (Å²) in [5.74, 6) is -4.43. The number of likely N-dealkylation sites (N-methyl/N-ethyl adjacent to an activating group) is 1. The van der Waals surface area contributed by atoms with Crippen LogP contribution in [0.2, 0.25) is 0 Å². The average Bonchev–Trinajstić information content (AvgIpc) is 2.31. The Labute approximate surface area is 138 Å². The molecular weight excluding hydrogens is 298 g/mol. The second-order valence-electron chi connectivity index (χ2n) is 7.16. The Morgan fingerprint density at radius 1 is 1.17 bits per heavy atom. The highest BCUT2D eigenvalue weighted by Crippen LogP contribution is 2.24. The van der Waals surface area contributed by atoms with E-state index in [0.29, 0.717) is 22.9 Å². The first-order chi connectivity index (χ1) is 10.4. The van der Waals surface area contributed by atoms with E-state index in [2.05, 4.69) is 0 Å². The lowest BCUT2D eigenvalue weighted by Crippen LogP contribution is -2.50. The zero-order chi connectivity index (χ0) is 18.4. The molecule has 0 saturated heterocycles. The minimum atomic E-state index is -1.56. The zero-order valence-electron chi connectivity index (χ0n) is 14.9. The highest BCUT2D eigenvalue weighted by atomic mass is 16.4. The van der Waals surface area contributed by atoms with Gasteiger partial charge in [0.25, 0.3) is 0 Å². The van der Waals surface area contributed by atoms with Crippen LogP contribution < -0.4 is 5.11 Å². The van der Waals surface area contributed by atoms with Crippen molar-refractivity contribution in [2.75, 3.05) is 27.7 Å². The Balaban J connectivity index is 5.60. The van der Waals surface area contributed by atoms with Crippen molar-refractivity contribution < 1.29 is 29.4 Å². The number of carbonyl (C=O) groups is 2. The van der Waals surface area contributed by atoms with Gasteiger partial charge in [-0.2, -0.15) is 0 Å². The van der Waals surface area contributed by atoms with Crippen LogP contribution in [0.4, 0.5) is 0 Å². The monoisotopic (exact) mass is 327 g/mol. The molecule has 0 heterocycles. The van der Waals surface area contributed by atoms with Crippen molar-refractivity contribution in [1.29, 1.82) is 0 Å². The summed E-state index contributed by atoms with van der Waals surface area (Å²) in [6.45, 7) is 5.58. The van der Waals surface area contributed by atoms with Gasteiger partial charge in [-0.1, -0.05) is 17.2 Å². The summed E-state index contributed by atoms with van der Waals surface area (Å²) >= 11 is 0. The molecule has 0 spiro atoms. The first-order valence-electron chi connectivity index (χ1n) is 7.62. The van der Waals surface area contributed by atoms with Crippen LogP contribution in [0.25, 0.3) is 0 Å². The van der Waals surface area contributed by atoms with Gasteiger partial charge >= 0.3 is 5.97 Å². The molecule has 0 rings (SSSR count). The number of rotatable bonds is 9. The molecule has 0 aliphatic heterocycles. The number of hydrogen-bond acceptors (Lipinski definition) is 4. The number of aliphatic carboxylic acids is 2. The van der Waals surface area contributed by atoms with Gasteiger partial charge in [-0.15, -0.1) is 0 Å². The van der Waals surface area contributed by atoms with Gasteiger partial charge in [-0.3, -0.25) is 0 Å². The number of aliphatic hydroxyl groups excluding tert-OH is 1. The normalized spacial score (nSPS) is 15.4. The van der Waals surface area contributed by atoms with Gasteiger partial charge in [0.05, 0.1) is 33.0 Å². The fourth-order valence-corrected chi connectivity index (χ4v) is 2.43. The summed E-state index contributed by atoms with van der Waals surface area (Å²) in [5.41, 5.74) is 1.29. The Hall–Kier alpha value is -1.66. The molecule has 0 saturated carbocycles. The van der Waals surface area contributed by atoms with Gasteiger partial charge in [0.2, 0.25) is 0 Å². The van der Waals surface area contributed by atoms with E-state index in [1.807, 2.05) is 19.9 Å². The molecule has 0 aromatic carbocycles. The fraction of sp³-hybridized carbons (Fsp3) is 0.647. The molecule has 2 atom stereocenters. The van der Waals surface area contributed by atoms with Gasteiger partial charge in [0.1, 0.15) is 12.6 Å². The zero-order valence-corrected chi connectivity index (χ0v) is 14.9. The van der Waals surface area contributed by atoms with Crippen LogP contribution in [0.3, 0.4) is 0 Å². The molecular formula is C17H29NO5. The number of nitrogens with zero attached hydrogens (tertiary/aromatic N) is 1. The lowest BCUT2D eigenvalue weighted by molar-refractivity contribution is -0.873.